The van der Waals surface area contributed by atoms with Gasteiger partial charge in [-0.15, -0.1) is 0 Å². The summed E-state index contributed by atoms with van der Waals surface area (Å²) in [5.41, 5.74) is 3.16. The molecule has 0 amide bonds. The van der Waals surface area contributed by atoms with Crippen LogP contribution in [0.5, 0.6) is 5.75 Å². The number of hydrogen-bond donors (Lipinski definition) is 0. The van der Waals surface area contributed by atoms with E-state index < -0.39 is 0 Å². The quantitative estimate of drug-likeness (QED) is 0.273. The Balaban J connectivity index is 1.24. The van der Waals surface area contributed by atoms with Gasteiger partial charge in [0.2, 0.25) is 0 Å². The fraction of sp³-hybridized carbons (Fsp3) is 0.733. The number of hydrogen-bond acceptors (Lipinski definition) is 2. The molecule has 3 aliphatic carbocycles. The van der Waals surface area contributed by atoms with Crippen molar-refractivity contribution in [1.82, 2.24) is 0 Å². The maximum atomic E-state index is 6.11. The third-order valence-electron chi connectivity index (χ3n) is 8.65. The lowest BCUT2D eigenvalue weighted by molar-refractivity contribution is -0.0138. The van der Waals surface area contributed by atoms with Gasteiger partial charge in [0.15, 0.2) is 0 Å². The van der Waals surface area contributed by atoms with Gasteiger partial charge in [0.25, 0.3) is 0 Å². The van der Waals surface area contributed by atoms with Gasteiger partial charge < -0.3 is 9.47 Å². The molecule has 0 spiro atoms. The first-order valence-corrected chi connectivity index (χ1v) is 13.7. The van der Waals surface area contributed by atoms with Crippen LogP contribution >= 0.6 is 0 Å². The van der Waals surface area contributed by atoms with Crippen molar-refractivity contribution in [2.45, 2.75) is 103 Å². The maximum Gasteiger partial charge on any atom is 0.119 e. The second-order valence-electron chi connectivity index (χ2n) is 10.8. The summed E-state index contributed by atoms with van der Waals surface area (Å²) in [7, 11) is 0. The molecule has 0 aliphatic heterocycles. The summed E-state index contributed by atoms with van der Waals surface area (Å²) in [6.07, 6.45) is 22.1. The van der Waals surface area contributed by atoms with E-state index >= 15 is 0 Å². The Morgan fingerprint density at radius 2 is 1.69 bits per heavy atom. The lowest BCUT2D eigenvalue weighted by atomic mass is 9.62. The van der Waals surface area contributed by atoms with Crippen LogP contribution in [-0.4, -0.2) is 19.3 Å². The van der Waals surface area contributed by atoms with Crippen molar-refractivity contribution in [3.05, 3.63) is 41.5 Å². The van der Waals surface area contributed by atoms with Crippen molar-refractivity contribution < 1.29 is 9.47 Å². The van der Waals surface area contributed by atoms with E-state index in [1.807, 2.05) is 0 Å². The maximum absolute atomic E-state index is 6.11. The Bertz CT molecular complexity index is 724. The summed E-state index contributed by atoms with van der Waals surface area (Å²) in [6.45, 7) is 6.01. The Morgan fingerprint density at radius 1 is 0.875 bits per heavy atom. The molecule has 178 valence electrons. The van der Waals surface area contributed by atoms with Gasteiger partial charge >= 0.3 is 0 Å². The smallest absolute Gasteiger partial charge is 0.119 e. The predicted octanol–water partition coefficient (Wildman–Crippen LogP) is 7.93. The molecule has 4 rings (SSSR count). The number of ether oxygens (including phenoxy) is 2. The van der Waals surface area contributed by atoms with Gasteiger partial charge in [-0.05, 0) is 118 Å². The molecule has 0 radical (unpaired) electrons. The van der Waals surface area contributed by atoms with Crippen LogP contribution in [0.25, 0.3) is 0 Å². The predicted molar refractivity (Wildman–Crippen MR) is 134 cm³/mol. The molecule has 0 saturated heterocycles. The van der Waals surface area contributed by atoms with Crippen LogP contribution in [0.1, 0.15) is 95.6 Å². The topological polar surface area (TPSA) is 18.5 Å². The number of fused-ring (bicyclic) bond motifs is 2. The second-order valence-corrected chi connectivity index (χ2v) is 10.8. The Hall–Kier alpha value is -1.28. The lowest BCUT2D eigenvalue weighted by Gasteiger charge is -2.44. The van der Waals surface area contributed by atoms with Crippen LogP contribution in [0.2, 0.25) is 0 Å². The molecule has 2 heteroatoms. The molecule has 0 N–H and O–H groups in total. The summed E-state index contributed by atoms with van der Waals surface area (Å²) in [4.78, 5) is 0. The van der Waals surface area contributed by atoms with Gasteiger partial charge in [0.05, 0.1) is 19.3 Å². The number of allylic oxidation sites excluding steroid dienone is 1. The zero-order chi connectivity index (χ0) is 22.2. The third-order valence-corrected chi connectivity index (χ3v) is 8.65. The average Bonchev–Trinajstić information content (AvgIpc) is 2.83. The highest BCUT2D eigenvalue weighted by molar-refractivity contribution is 5.37. The van der Waals surface area contributed by atoms with E-state index in [9.17, 15) is 0 Å². The monoisotopic (exact) mass is 438 g/mol. The first kappa shape index (κ1) is 23.9. The van der Waals surface area contributed by atoms with Gasteiger partial charge in [-0.3, -0.25) is 0 Å². The van der Waals surface area contributed by atoms with E-state index in [1.54, 1.807) is 11.1 Å². The molecule has 1 aromatic rings. The van der Waals surface area contributed by atoms with Gasteiger partial charge in [0.1, 0.15) is 5.75 Å². The molecule has 3 aliphatic rings. The Kier molecular flexibility index (Phi) is 9.14. The molecule has 32 heavy (non-hydrogen) atoms. The minimum Gasteiger partial charge on any atom is -0.494 e. The van der Waals surface area contributed by atoms with Gasteiger partial charge in [-0.2, -0.15) is 0 Å². The van der Waals surface area contributed by atoms with Crippen molar-refractivity contribution in [3.63, 3.8) is 0 Å². The van der Waals surface area contributed by atoms with E-state index in [-0.39, 0.29) is 0 Å². The summed E-state index contributed by atoms with van der Waals surface area (Å²) in [5.74, 6) is 4.81. The minimum atomic E-state index is 0.508. The van der Waals surface area contributed by atoms with Gasteiger partial charge in [-0.1, -0.05) is 44.4 Å². The van der Waals surface area contributed by atoms with Crippen LogP contribution in [-0.2, 0) is 17.6 Å². The number of rotatable bonds is 10. The fourth-order valence-corrected chi connectivity index (χ4v) is 6.72. The van der Waals surface area contributed by atoms with E-state index in [0.717, 1.165) is 42.6 Å². The van der Waals surface area contributed by atoms with Crippen LogP contribution in [0.4, 0.5) is 0 Å². The zero-order valence-electron chi connectivity index (χ0n) is 20.7. The molecular formula is C30H46O2. The summed E-state index contributed by atoms with van der Waals surface area (Å²) in [5, 5.41) is 0. The first-order valence-electron chi connectivity index (χ1n) is 13.7. The van der Waals surface area contributed by atoms with Crippen LogP contribution in [0, 0.1) is 23.7 Å². The van der Waals surface area contributed by atoms with Crippen LogP contribution in [0.3, 0.4) is 0 Å². The molecule has 0 aromatic heterocycles. The van der Waals surface area contributed by atoms with E-state index in [1.165, 1.54) is 83.5 Å². The fourth-order valence-electron chi connectivity index (χ4n) is 6.72. The Morgan fingerprint density at radius 3 is 2.53 bits per heavy atom. The first-order chi connectivity index (χ1) is 15.8. The number of benzene rings is 1. The highest BCUT2D eigenvalue weighted by Gasteiger charge is 2.38. The standard InChI is InChI=1S/C30H46O2/c1-3-5-7-8-18-32-30-16-14-26-20-24(10-12-28(26)22-30)23-9-11-27-21-29(31-17-6-4-2)15-13-25(27)19-23/h4,6,14,16,22-25,27,29H,3,5,7-13,15,17-21H2,1-2H3/b6-4+. The van der Waals surface area contributed by atoms with Crippen molar-refractivity contribution >= 4 is 0 Å². The van der Waals surface area contributed by atoms with Crippen molar-refractivity contribution in [2.24, 2.45) is 23.7 Å². The number of unbranched alkanes of at least 4 members (excludes halogenated alkanes) is 3. The van der Waals surface area contributed by atoms with Crippen LogP contribution in [0.15, 0.2) is 30.4 Å². The summed E-state index contributed by atoms with van der Waals surface area (Å²) in [6, 6.07) is 6.95. The largest absolute Gasteiger partial charge is 0.494 e. The van der Waals surface area contributed by atoms with E-state index in [0.29, 0.717) is 6.10 Å². The van der Waals surface area contributed by atoms with Gasteiger partial charge in [-0.25, -0.2) is 0 Å². The highest BCUT2D eigenvalue weighted by Crippen LogP contribution is 2.47. The van der Waals surface area contributed by atoms with Crippen molar-refractivity contribution in [3.8, 4) is 5.75 Å². The number of aryl methyl sites for hydroxylation is 1. The minimum absolute atomic E-state index is 0.508. The molecule has 0 heterocycles. The molecular weight excluding hydrogens is 392 g/mol. The summed E-state index contributed by atoms with van der Waals surface area (Å²) < 4.78 is 12.2. The molecule has 5 unspecified atom stereocenters. The van der Waals surface area contributed by atoms with Crippen LogP contribution < -0.4 is 4.74 Å². The van der Waals surface area contributed by atoms with Crippen molar-refractivity contribution in [2.75, 3.05) is 13.2 Å². The van der Waals surface area contributed by atoms with Gasteiger partial charge in [0, 0.05) is 0 Å². The van der Waals surface area contributed by atoms with Crippen molar-refractivity contribution in [1.29, 1.82) is 0 Å². The molecule has 2 nitrogen and oxygen atoms in total. The molecule has 2 saturated carbocycles. The third kappa shape index (κ3) is 6.40. The normalized spacial score (nSPS) is 30.1. The summed E-state index contributed by atoms with van der Waals surface area (Å²) >= 11 is 0. The zero-order valence-corrected chi connectivity index (χ0v) is 20.7. The molecule has 0 bridgehead atoms. The SMILES string of the molecule is C/C=C/COC1CCC2CC(C3CCc4cc(OCCCCCC)ccc4C3)CCC2C1. The second kappa shape index (κ2) is 12.3. The molecule has 1 aromatic carbocycles. The molecule has 2 fully saturated rings. The lowest BCUT2D eigenvalue weighted by Crippen LogP contribution is -2.37. The van der Waals surface area contributed by atoms with E-state index in [2.05, 4.69) is 44.2 Å². The van der Waals surface area contributed by atoms with E-state index in [4.69, 9.17) is 9.47 Å². The molecule has 5 atom stereocenters. The average molecular weight is 439 g/mol. The highest BCUT2D eigenvalue weighted by atomic mass is 16.5. The Labute approximate surface area is 197 Å².